The molecule has 2 amide bonds. The fraction of sp³-hybridized carbons (Fsp3) is 0.148. The van der Waals surface area contributed by atoms with Gasteiger partial charge >= 0.3 is 12.1 Å². The quantitative estimate of drug-likeness (QED) is 0.411. The minimum atomic E-state index is -1.15. The van der Waals surface area contributed by atoms with Gasteiger partial charge < -0.3 is 14.7 Å². The smallest absolute Gasteiger partial charge is 0.411 e. The summed E-state index contributed by atoms with van der Waals surface area (Å²) in [5, 5.41) is 11.9. The lowest BCUT2D eigenvalue weighted by Gasteiger charge is -2.19. The standard InChI is InChI=1S/C27H23ClN2O5/c1-2-11-30(15-25(31)32)26(33)17-12-18(28)14-19(13-17)29-27(34)35-16-24-22-9-5-3-7-20(22)21-8-4-6-10-23(21)24/h2-10,12-14,24H,1,11,15-16H2,(H,29,34)(H,31,32). The average molecular weight is 491 g/mol. The summed E-state index contributed by atoms with van der Waals surface area (Å²) in [4.78, 5) is 37.6. The Balaban J connectivity index is 1.46. The Labute approximate surface area is 207 Å². The van der Waals surface area contributed by atoms with Crippen molar-refractivity contribution in [3.63, 3.8) is 0 Å². The van der Waals surface area contributed by atoms with E-state index in [1.165, 1.54) is 24.3 Å². The second-order valence-corrected chi connectivity index (χ2v) is 8.48. The molecule has 1 aliphatic rings. The van der Waals surface area contributed by atoms with Gasteiger partial charge in [0.05, 0.1) is 0 Å². The van der Waals surface area contributed by atoms with Crippen LogP contribution in [0, 0.1) is 0 Å². The molecule has 0 bridgehead atoms. The van der Waals surface area contributed by atoms with Crippen LogP contribution in [-0.4, -0.2) is 47.7 Å². The van der Waals surface area contributed by atoms with Crippen LogP contribution < -0.4 is 5.32 Å². The van der Waals surface area contributed by atoms with E-state index in [2.05, 4.69) is 24.0 Å². The Hall–Kier alpha value is -4.10. The molecule has 0 saturated carbocycles. The number of ether oxygens (including phenoxy) is 1. The van der Waals surface area contributed by atoms with Crippen LogP contribution in [0.4, 0.5) is 10.5 Å². The first-order valence-electron chi connectivity index (χ1n) is 10.9. The van der Waals surface area contributed by atoms with Crippen molar-refractivity contribution in [3.05, 3.63) is 101 Å². The number of amides is 2. The van der Waals surface area contributed by atoms with E-state index in [-0.39, 0.29) is 35.3 Å². The topological polar surface area (TPSA) is 95.9 Å². The summed E-state index contributed by atoms with van der Waals surface area (Å²) in [6, 6.07) is 20.4. The average Bonchev–Trinajstić information content (AvgIpc) is 3.15. The van der Waals surface area contributed by atoms with Crippen molar-refractivity contribution in [2.24, 2.45) is 0 Å². The maximum Gasteiger partial charge on any atom is 0.411 e. The number of rotatable bonds is 8. The van der Waals surface area contributed by atoms with Gasteiger partial charge in [-0.2, -0.15) is 0 Å². The van der Waals surface area contributed by atoms with Crippen molar-refractivity contribution in [3.8, 4) is 11.1 Å². The summed E-state index contributed by atoms with van der Waals surface area (Å²) in [6.07, 6.45) is 0.738. The maximum absolute atomic E-state index is 12.8. The van der Waals surface area contributed by atoms with E-state index in [1.54, 1.807) is 0 Å². The van der Waals surface area contributed by atoms with Crippen LogP contribution in [0.5, 0.6) is 0 Å². The number of carboxylic acids is 1. The predicted octanol–water partition coefficient (Wildman–Crippen LogP) is 5.41. The van der Waals surface area contributed by atoms with Gasteiger partial charge in [-0.05, 0) is 40.5 Å². The molecule has 4 rings (SSSR count). The third kappa shape index (κ3) is 5.36. The second-order valence-electron chi connectivity index (χ2n) is 8.05. The molecule has 7 nitrogen and oxygen atoms in total. The van der Waals surface area contributed by atoms with Crippen molar-refractivity contribution in [2.45, 2.75) is 5.92 Å². The number of carbonyl (C=O) groups excluding carboxylic acids is 2. The predicted molar refractivity (Wildman–Crippen MR) is 134 cm³/mol. The summed E-state index contributed by atoms with van der Waals surface area (Å²) >= 11 is 6.16. The van der Waals surface area contributed by atoms with Gasteiger partial charge in [-0.15, -0.1) is 6.58 Å². The molecule has 0 aromatic heterocycles. The van der Waals surface area contributed by atoms with Gasteiger partial charge in [-0.3, -0.25) is 14.9 Å². The molecule has 3 aromatic carbocycles. The van der Waals surface area contributed by atoms with Gasteiger partial charge in [0.1, 0.15) is 13.2 Å². The van der Waals surface area contributed by atoms with Gasteiger partial charge in [-0.25, -0.2) is 4.79 Å². The fourth-order valence-corrected chi connectivity index (χ4v) is 4.49. The van der Waals surface area contributed by atoms with E-state index in [4.69, 9.17) is 21.4 Å². The molecular weight excluding hydrogens is 468 g/mol. The van der Waals surface area contributed by atoms with Crippen molar-refractivity contribution in [2.75, 3.05) is 25.0 Å². The highest BCUT2D eigenvalue weighted by atomic mass is 35.5. The first-order chi connectivity index (χ1) is 16.9. The molecule has 0 unspecified atom stereocenters. The highest BCUT2D eigenvalue weighted by molar-refractivity contribution is 6.31. The number of nitrogens with one attached hydrogen (secondary N) is 1. The summed E-state index contributed by atoms with van der Waals surface area (Å²) in [6.45, 7) is 3.24. The van der Waals surface area contributed by atoms with Gasteiger partial charge in [0.15, 0.2) is 0 Å². The molecule has 0 aliphatic heterocycles. The molecule has 0 fully saturated rings. The number of aliphatic carboxylic acids is 1. The number of carboxylic acid groups (broad SMARTS) is 1. The third-order valence-electron chi connectivity index (χ3n) is 5.70. The molecule has 1 aliphatic carbocycles. The minimum absolute atomic E-state index is 0.0484. The number of anilines is 1. The number of hydrogen-bond acceptors (Lipinski definition) is 4. The molecule has 8 heteroatoms. The first kappa shape index (κ1) is 24.0. The zero-order chi connectivity index (χ0) is 24.9. The Morgan fingerprint density at radius 3 is 2.26 bits per heavy atom. The van der Waals surface area contributed by atoms with E-state index in [0.29, 0.717) is 0 Å². The summed E-state index contributed by atoms with van der Waals surface area (Å²) in [5.74, 6) is -1.79. The van der Waals surface area contributed by atoms with Gasteiger partial charge in [0.25, 0.3) is 5.91 Å². The number of halogens is 1. The molecule has 178 valence electrons. The number of benzene rings is 3. The highest BCUT2D eigenvalue weighted by Crippen LogP contribution is 2.44. The first-order valence-corrected chi connectivity index (χ1v) is 11.3. The Kier molecular flexibility index (Phi) is 7.17. The van der Waals surface area contributed by atoms with Crippen LogP contribution in [0.25, 0.3) is 11.1 Å². The van der Waals surface area contributed by atoms with Crippen LogP contribution in [0.1, 0.15) is 27.4 Å². The zero-order valence-corrected chi connectivity index (χ0v) is 19.5. The van der Waals surface area contributed by atoms with Gasteiger partial charge in [0.2, 0.25) is 0 Å². The monoisotopic (exact) mass is 490 g/mol. The van der Waals surface area contributed by atoms with Crippen molar-refractivity contribution < 1.29 is 24.2 Å². The van der Waals surface area contributed by atoms with E-state index in [0.717, 1.165) is 27.2 Å². The summed E-state index contributed by atoms with van der Waals surface area (Å²) < 4.78 is 5.54. The SMILES string of the molecule is C=CCN(CC(=O)O)C(=O)c1cc(Cl)cc(NC(=O)OCC2c3ccccc3-c3ccccc32)c1. The molecule has 3 aromatic rings. The Morgan fingerprint density at radius 1 is 1.03 bits per heavy atom. The normalized spacial score (nSPS) is 11.8. The minimum Gasteiger partial charge on any atom is -0.480 e. The number of nitrogens with zero attached hydrogens (tertiary/aromatic N) is 1. The molecule has 35 heavy (non-hydrogen) atoms. The maximum atomic E-state index is 12.8. The summed E-state index contributed by atoms with van der Waals surface area (Å²) in [7, 11) is 0. The second kappa shape index (κ2) is 10.4. The molecular formula is C27H23ClN2O5. The Bertz CT molecular complexity index is 1260. The van der Waals surface area contributed by atoms with Crippen LogP contribution in [0.2, 0.25) is 5.02 Å². The molecule has 2 N–H and O–H groups in total. The van der Waals surface area contributed by atoms with E-state index in [9.17, 15) is 14.4 Å². The lowest BCUT2D eigenvalue weighted by atomic mass is 9.98. The highest BCUT2D eigenvalue weighted by Gasteiger charge is 2.29. The van der Waals surface area contributed by atoms with Crippen LogP contribution in [0.15, 0.2) is 79.4 Å². The molecule has 0 atom stereocenters. The Morgan fingerprint density at radius 2 is 1.66 bits per heavy atom. The van der Waals surface area contributed by atoms with E-state index in [1.807, 2.05) is 36.4 Å². The van der Waals surface area contributed by atoms with Crippen molar-refractivity contribution in [1.82, 2.24) is 4.90 Å². The molecule has 0 radical (unpaired) electrons. The van der Waals surface area contributed by atoms with Gasteiger partial charge in [-0.1, -0.05) is 66.2 Å². The number of hydrogen-bond donors (Lipinski definition) is 2. The van der Waals surface area contributed by atoms with E-state index < -0.39 is 24.5 Å². The third-order valence-corrected chi connectivity index (χ3v) is 5.92. The fourth-order valence-electron chi connectivity index (χ4n) is 4.26. The van der Waals surface area contributed by atoms with Crippen LogP contribution in [0.3, 0.4) is 0 Å². The van der Waals surface area contributed by atoms with Gasteiger partial charge in [0, 0.05) is 28.7 Å². The van der Waals surface area contributed by atoms with Crippen molar-refractivity contribution in [1.29, 1.82) is 0 Å². The summed E-state index contributed by atoms with van der Waals surface area (Å²) in [5.41, 5.74) is 4.83. The number of carbonyl (C=O) groups is 3. The molecule has 0 saturated heterocycles. The molecule has 0 heterocycles. The molecule has 0 spiro atoms. The van der Waals surface area contributed by atoms with Crippen LogP contribution >= 0.6 is 11.6 Å². The van der Waals surface area contributed by atoms with Crippen LogP contribution in [-0.2, 0) is 9.53 Å². The lowest BCUT2D eigenvalue weighted by molar-refractivity contribution is -0.137. The largest absolute Gasteiger partial charge is 0.480 e. The zero-order valence-electron chi connectivity index (χ0n) is 18.7. The lowest BCUT2D eigenvalue weighted by Crippen LogP contribution is -2.35. The van der Waals surface area contributed by atoms with E-state index >= 15 is 0 Å². The number of fused-ring (bicyclic) bond motifs is 3. The van der Waals surface area contributed by atoms with Crippen molar-refractivity contribution >= 4 is 35.3 Å².